The second-order valence-electron chi connectivity index (χ2n) is 6.21. The molecule has 0 bridgehead atoms. The van der Waals surface area contributed by atoms with Crippen LogP contribution in [-0.2, 0) is 26.9 Å². The fraction of sp³-hybridized carbons (Fsp3) is 0.222. The molecule has 3 aromatic rings. The lowest BCUT2D eigenvalue weighted by Gasteiger charge is -2.17. The Bertz CT molecular complexity index is 1240. The molecule has 0 radical (unpaired) electrons. The van der Waals surface area contributed by atoms with Gasteiger partial charge in [-0.15, -0.1) is 0 Å². The van der Waals surface area contributed by atoms with Gasteiger partial charge in [0.2, 0.25) is 0 Å². The predicted molar refractivity (Wildman–Crippen MR) is 102 cm³/mol. The molecular weight excluding hydrogens is 404 g/mol. The molecule has 29 heavy (non-hydrogen) atoms. The van der Waals surface area contributed by atoms with Crippen LogP contribution in [0, 0.1) is 0 Å². The summed E-state index contributed by atoms with van der Waals surface area (Å²) in [6.07, 6.45) is 1.83. The Morgan fingerprint density at radius 3 is 2.48 bits per heavy atom. The van der Waals surface area contributed by atoms with Crippen molar-refractivity contribution in [3.8, 4) is 0 Å². The van der Waals surface area contributed by atoms with E-state index >= 15 is 0 Å². The first-order chi connectivity index (χ1) is 13.7. The number of hydrogen-bond acceptors (Lipinski definition) is 6. The molecule has 10 nitrogen and oxygen atoms in total. The minimum absolute atomic E-state index is 0.0551. The topological polar surface area (TPSA) is 149 Å². The average molecular weight is 420 g/mol. The first-order valence-corrected chi connectivity index (χ1v) is 9.86. The van der Waals surface area contributed by atoms with Crippen LogP contribution < -0.4 is 11.2 Å². The lowest BCUT2D eigenvalue weighted by molar-refractivity contribution is -0.147. The van der Waals surface area contributed by atoms with Crippen molar-refractivity contribution in [1.29, 1.82) is 0 Å². The average Bonchev–Trinajstić information content (AvgIpc) is 3.16. The zero-order valence-corrected chi connectivity index (χ0v) is 15.9. The Morgan fingerprint density at radius 1 is 1.21 bits per heavy atom. The smallest absolute Gasteiger partial charge is 0.332 e. The Labute approximate surface area is 165 Å². The minimum Gasteiger partial charge on any atom is -0.481 e. The molecule has 3 rings (SSSR count). The number of carboxylic acid groups (broad SMARTS) is 2. The molecule has 2 N–H and O–H groups in total. The van der Waals surface area contributed by atoms with E-state index in [1.54, 1.807) is 12.1 Å². The van der Waals surface area contributed by atoms with Gasteiger partial charge < -0.3 is 14.6 Å². The Balaban J connectivity index is 2.39. The second-order valence-corrected chi connectivity index (χ2v) is 7.59. The molecule has 2 aromatic heterocycles. The molecule has 0 amide bonds. The SMILES string of the molecule is CS(=O)c1ccc2c(c1)c(=O)n([C@@H](CC(=O)O)C(=O)O)c(=O)n2Cc1ccco1. The van der Waals surface area contributed by atoms with E-state index in [-0.39, 0.29) is 17.4 Å². The fourth-order valence-electron chi connectivity index (χ4n) is 2.99. The van der Waals surface area contributed by atoms with Crippen molar-refractivity contribution < 1.29 is 28.4 Å². The maximum atomic E-state index is 13.0. The van der Waals surface area contributed by atoms with E-state index in [9.17, 15) is 28.5 Å². The highest BCUT2D eigenvalue weighted by molar-refractivity contribution is 7.84. The predicted octanol–water partition coefficient (Wildman–Crippen LogP) is 0.642. The molecular formula is C18H16N2O8S. The van der Waals surface area contributed by atoms with Crippen LogP contribution in [0.4, 0.5) is 0 Å². The number of hydrogen-bond donors (Lipinski definition) is 2. The van der Waals surface area contributed by atoms with Crippen LogP contribution in [0.25, 0.3) is 10.9 Å². The summed E-state index contributed by atoms with van der Waals surface area (Å²) in [5, 5.41) is 18.4. The van der Waals surface area contributed by atoms with Gasteiger partial charge >= 0.3 is 17.6 Å². The summed E-state index contributed by atoms with van der Waals surface area (Å²) >= 11 is 0. The van der Waals surface area contributed by atoms with E-state index in [1.807, 2.05) is 0 Å². The lowest BCUT2D eigenvalue weighted by Crippen LogP contribution is -2.45. The van der Waals surface area contributed by atoms with Crippen LogP contribution >= 0.6 is 0 Å². The van der Waals surface area contributed by atoms with Crippen LogP contribution in [0.5, 0.6) is 0 Å². The number of aliphatic carboxylic acids is 2. The maximum absolute atomic E-state index is 13.0. The third kappa shape index (κ3) is 3.90. The van der Waals surface area contributed by atoms with Crippen molar-refractivity contribution in [3.63, 3.8) is 0 Å². The number of carbonyl (C=O) groups is 2. The molecule has 0 aliphatic rings. The van der Waals surface area contributed by atoms with Gasteiger partial charge in [-0.05, 0) is 30.3 Å². The maximum Gasteiger partial charge on any atom is 0.332 e. The Kier molecular flexibility index (Phi) is 5.50. The summed E-state index contributed by atoms with van der Waals surface area (Å²) in [6.45, 7) is -0.114. The van der Waals surface area contributed by atoms with E-state index in [0.29, 0.717) is 15.2 Å². The Morgan fingerprint density at radius 2 is 1.93 bits per heavy atom. The first kappa shape index (κ1) is 20.3. The van der Waals surface area contributed by atoms with Crippen molar-refractivity contribution in [1.82, 2.24) is 9.13 Å². The van der Waals surface area contributed by atoms with E-state index < -0.39 is 46.4 Å². The van der Waals surface area contributed by atoms with Crippen LogP contribution in [0.2, 0.25) is 0 Å². The quantitative estimate of drug-likeness (QED) is 0.566. The van der Waals surface area contributed by atoms with Gasteiger partial charge in [0.15, 0.2) is 0 Å². The van der Waals surface area contributed by atoms with Gasteiger partial charge in [0.1, 0.15) is 11.8 Å². The van der Waals surface area contributed by atoms with Gasteiger partial charge in [-0.3, -0.25) is 18.4 Å². The zero-order chi connectivity index (χ0) is 21.3. The number of rotatable bonds is 7. The molecule has 0 saturated heterocycles. The van der Waals surface area contributed by atoms with E-state index in [4.69, 9.17) is 9.52 Å². The Hall–Kier alpha value is -3.47. The number of carboxylic acids is 2. The van der Waals surface area contributed by atoms with Gasteiger partial charge in [-0.25, -0.2) is 14.2 Å². The highest BCUT2D eigenvalue weighted by Crippen LogP contribution is 2.17. The number of benzene rings is 1. The molecule has 0 saturated carbocycles. The number of fused-ring (bicyclic) bond motifs is 1. The molecule has 0 aliphatic carbocycles. The third-order valence-corrected chi connectivity index (χ3v) is 5.25. The van der Waals surface area contributed by atoms with Crippen molar-refractivity contribution >= 4 is 33.6 Å². The summed E-state index contributed by atoms with van der Waals surface area (Å²) in [7, 11) is -1.44. The van der Waals surface area contributed by atoms with Crippen molar-refractivity contribution in [3.05, 3.63) is 63.2 Å². The lowest BCUT2D eigenvalue weighted by atomic mass is 10.2. The molecule has 152 valence electrons. The van der Waals surface area contributed by atoms with Crippen molar-refractivity contribution in [2.45, 2.75) is 23.9 Å². The molecule has 11 heteroatoms. The van der Waals surface area contributed by atoms with E-state index in [1.165, 1.54) is 30.7 Å². The summed E-state index contributed by atoms with van der Waals surface area (Å²) < 4.78 is 18.6. The summed E-state index contributed by atoms with van der Waals surface area (Å²) in [6, 6.07) is 5.52. The summed E-state index contributed by atoms with van der Waals surface area (Å²) in [5.41, 5.74) is -1.78. The number of nitrogens with zero attached hydrogens (tertiary/aromatic N) is 2. The van der Waals surface area contributed by atoms with Gasteiger partial charge in [0.25, 0.3) is 5.56 Å². The van der Waals surface area contributed by atoms with E-state index in [0.717, 1.165) is 4.57 Å². The summed E-state index contributed by atoms with van der Waals surface area (Å²) in [4.78, 5) is 49.1. The standard InChI is InChI=1S/C18H16N2O8S/c1-29(27)11-4-5-13-12(7-11)16(23)20(14(17(24)25)8-15(21)22)18(26)19(13)9-10-3-2-6-28-10/h2-7,14H,8-9H2,1H3,(H,21,22)(H,24,25)/t14-,29?/m0/s1. The van der Waals surface area contributed by atoms with Gasteiger partial charge in [0.05, 0.1) is 30.1 Å². The number of aromatic nitrogens is 2. The highest BCUT2D eigenvalue weighted by atomic mass is 32.2. The molecule has 2 atom stereocenters. The van der Waals surface area contributed by atoms with Crippen molar-refractivity contribution in [2.75, 3.05) is 6.26 Å². The second kappa shape index (κ2) is 7.87. The fourth-order valence-corrected chi connectivity index (χ4v) is 3.53. The van der Waals surface area contributed by atoms with Crippen molar-refractivity contribution in [2.24, 2.45) is 0 Å². The normalized spacial score (nSPS) is 13.3. The minimum atomic E-state index is -1.91. The van der Waals surface area contributed by atoms with Gasteiger partial charge in [0, 0.05) is 22.0 Å². The molecule has 0 fully saturated rings. The van der Waals surface area contributed by atoms with Crippen LogP contribution in [0.3, 0.4) is 0 Å². The number of furan rings is 1. The largest absolute Gasteiger partial charge is 0.481 e. The molecule has 0 spiro atoms. The van der Waals surface area contributed by atoms with Gasteiger partial charge in [-0.2, -0.15) is 0 Å². The van der Waals surface area contributed by atoms with Gasteiger partial charge in [-0.1, -0.05) is 0 Å². The molecule has 1 unspecified atom stereocenters. The third-order valence-electron chi connectivity index (χ3n) is 4.34. The van der Waals surface area contributed by atoms with Crippen LogP contribution in [0.15, 0.2) is 55.5 Å². The van der Waals surface area contributed by atoms with Crippen LogP contribution in [0.1, 0.15) is 18.2 Å². The molecule has 1 aromatic carbocycles. The van der Waals surface area contributed by atoms with E-state index in [2.05, 4.69) is 0 Å². The monoisotopic (exact) mass is 420 g/mol. The van der Waals surface area contributed by atoms with Crippen LogP contribution in [-0.4, -0.2) is 41.8 Å². The highest BCUT2D eigenvalue weighted by Gasteiger charge is 2.28. The zero-order valence-electron chi connectivity index (χ0n) is 15.1. The summed E-state index contributed by atoms with van der Waals surface area (Å²) in [5.74, 6) is -2.75. The first-order valence-electron chi connectivity index (χ1n) is 8.30. The molecule has 0 aliphatic heterocycles. The molecule has 2 heterocycles.